The first-order valence-electron chi connectivity index (χ1n) is 11.2. The quantitative estimate of drug-likeness (QED) is 0.0871. The molecule has 2 aromatic rings. The van der Waals surface area contributed by atoms with Gasteiger partial charge in [0.15, 0.2) is 11.7 Å². The number of methoxy groups -OCH3 is 1. The molecule has 38 heavy (non-hydrogen) atoms. The lowest BCUT2D eigenvalue weighted by atomic mass is 9.95. The number of thiocarbonyl (C=S) groups is 1. The SMILES string of the molecule is CCOC(=O)C1=C(C)NC(=S)N[C@@H]1c1ccccc1OCC(=O)NN=Cc1cc(I)c(OC)c([N+](=O)[O-])c1. The highest BCUT2D eigenvalue weighted by Gasteiger charge is 2.32. The summed E-state index contributed by atoms with van der Waals surface area (Å²) in [5.41, 5.74) is 3.98. The molecule has 0 saturated heterocycles. The molecule has 0 aliphatic carbocycles. The lowest BCUT2D eigenvalue weighted by Gasteiger charge is -2.30. The van der Waals surface area contributed by atoms with Gasteiger partial charge in [-0.1, -0.05) is 18.2 Å². The van der Waals surface area contributed by atoms with Crippen LogP contribution in [0.15, 0.2) is 52.8 Å². The number of allylic oxidation sites excluding steroid dienone is 1. The molecule has 1 amide bonds. The van der Waals surface area contributed by atoms with E-state index >= 15 is 0 Å². The first-order chi connectivity index (χ1) is 18.2. The number of benzene rings is 2. The van der Waals surface area contributed by atoms with Gasteiger partial charge in [-0.15, -0.1) is 0 Å². The van der Waals surface area contributed by atoms with Crippen molar-refractivity contribution in [1.29, 1.82) is 0 Å². The number of para-hydroxylation sites is 1. The van der Waals surface area contributed by atoms with Crippen LogP contribution >= 0.6 is 34.8 Å². The van der Waals surface area contributed by atoms with Gasteiger partial charge in [0.05, 0.1) is 40.0 Å². The number of nitro benzene ring substituents is 1. The number of halogens is 1. The highest BCUT2D eigenvalue weighted by molar-refractivity contribution is 14.1. The minimum Gasteiger partial charge on any atom is -0.489 e. The Labute approximate surface area is 237 Å². The van der Waals surface area contributed by atoms with Crippen LogP contribution in [0.1, 0.15) is 31.0 Å². The number of carbonyl (C=O) groups is 2. The van der Waals surface area contributed by atoms with Gasteiger partial charge in [0.2, 0.25) is 5.75 Å². The monoisotopic (exact) mass is 653 g/mol. The van der Waals surface area contributed by atoms with Crippen LogP contribution in [0.2, 0.25) is 0 Å². The number of esters is 1. The molecule has 0 fully saturated rings. The summed E-state index contributed by atoms with van der Waals surface area (Å²) in [6.45, 7) is 3.25. The van der Waals surface area contributed by atoms with Crippen molar-refractivity contribution in [3.63, 3.8) is 0 Å². The molecular formula is C24H24IN5O7S. The minimum atomic E-state index is -0.659. The van der Waals surface area contributed by atoms with Gasteiger partial charge < -0.3 is 24.8 Å². The number of nitrogens with one attached hydrogen (secondary N) is 3. The Bertz CT molecular complexity index is 1330. The van der Waals surface area contributed by atoms with Gasteiger partial charge >= 0.3 is 11.7 Å². The van der Waals surface area contributed by atoms with E-state index in [9.17, 15) is 19.7 Å². The van der Waals surface area contributed by atoms with E-state index in [2.05, 4.69) is 21.2 Å². The van der Waals surface area contributed by atoms with Gasteiger partial charge in [-0.05, 0) is 60.8 Å². The van der Waals surface area contributed by atoms with Crippen LogP contribution in [0.3, 0.4) is 0 Å². The molecule has 0 spiro atoms. The zero-order chi connectivity index (χ0) is 27.8. The highest BCUT2D eigenvalue weighted by Crippen LogP contribution is 2.34. The maximum atomic E-state index is 12.7. The van der Waals surface area contributed by atoms with Gasteiger partial charge in [-0.2, -0.15) is 5.10 Å². The second-order valence-electron chi connectivity index (χ2n) is 7.72. The molecule has 0 aromatic heterocycles. The fraction of sp³-hybridized carbons (Fsp3) is 0.250. The molecule has 1 aliphatic heterocycles. The number of carbonyl (C=O) groups excluding carboxylic acids is 2. The summed E-state index contributed by atoms with van der Waals surface area (Å²) in [7, 11) is 1.35. The summed E-state index contributed by atoms with van der Waals surface area (Å²) in [5, 5.41) is 21.5. The number of hydrogen-bond acceptors (Lipinski definition) is 9. The van der Waals surface area contributed by atoms with Gasteiger partial charge in [0.1, 0.15) is 5.75 Å². The third-order valence-electron chi connectivity index (χ3n) is 5.20. The van der Waals surface area contributed by atoms with Gasteiger partial charge in [-0.3, -0.25) is 14.9 Å². The molecule has 3 rings (SSSR count). The molecule has 0 unspecified atom stereocenters. The second-order valence-corrected chi connectivity index (χ2v) is 9.29. The van der Waals surface area contributed by atoms with Crippen molar-refractivity contribution in [2.24, 2.45) is 5.10 Å². The van der Waals surface area contributed by atoms with Crippen LogP contribution < -0.4 is 25.5 Å². The lowest BCUT2D eigenvalue weighted by molar-refractivity contribution is -0.385. The number of ether oxygens (including phenoxy) is 3. The molecule has 1 atom stereocenters. The van der Waals surface area contributed by atoms with Gasteiger partial charge in [-0.25, -0.2) is 10.2 Å². The Kier molecular flexibility index (Phi) is 9.95. The van der Waals surface area contributed by atoms with Crippen molar-refractivity contribution in [3.05, 3.63) is 72.5 Å². The first kappa shape index (κ1) is 28.8. The zero-order valence-corrected chi connectivity index (χ0v) is 23.5. The van der Waals surface area contributed by atoms with E-state index in [1.54, 1.807) is 44.2 Å². The summed E-state index contributed by atoms with van der Waals surface area (Å²) in [6.07, 6.45) is 1.28. The average Bonchev–Trinajstić information content (AvgIpc) is 2.87. The number of nitro groups is 1. The summed E-state index contributed by atoms with van der Waals surface area (Å²) in [5.74, 6) is -0.583. The van der Waals surface area contributed by atoms with Crippen molar-refractivity contribution >= 4 is 63.7 Å². The molecule has 0 radical (unpaired) electrons. The fourth-order valence-corrected chi connectivity index (χ4v) is 4.75. The van der Waals surface area contributed by atoms with Crippen molar-refractivity contribution in [2.75, 3.05) is 20.3 Å². The van der Waals surface area contributed by atoms with Gasteiger partial charge in [0, 0.05) is 22.9 Å². The maximum absolute atomic E-state index is 12.7. The maximum Gasteiger partial charge on any atom is 0.338 e. The average molecular weight is 653 g/mol. The van der Waals surface area contributed by atoms with Gasteiger partial charge in [0.25, 0.3) is 5.91 Å². The van der Waals surface area contributed by atoms with E-state index < -0.39 is 22.8 Å². The molecule has 3 N–H and O–H groups in total. The zero-order valence-electron chi connectivity index (χ0n) is 20.6. The number of amides is 1. The third-order valence-corrected chi connectivity index (χ3v) is 6.22. The van der Waals surface area contributed by atoms with E-state index in [0.717, 1.165) is 0 Å². The number of rotatable bonds is 10. The van der Waals surface area contributed by atoms with Crippen LogP contribution in [0.4, 0.5) is 5.69 Å². The van der Waals surface area contributed by atoms with Crippen LogP contribution in [-0.2, 0) is 14.3 Å². The molecular weight excluding hydrogens is 629 g/mol. The lowest BCUT2D eigenvalue weighted by Crippen LogP contribution is -2.45. The predicted octanol–water partition coefficient (Wildman–Crippen LogP) is 3.09. The number of nitrogens with zero attached hydrogens (tertiary/aromatic N) is 2. The first-order valence-corrected chi connectivity index (χ1v) is 12.7. The minimum absolute atomic E-state index is 0.143. The standard InChI is InChI=1S/C24H24IN5O7S/c1-4-36-23(32)20-13(2)27-24(38)28-21(20)15-7-5-6-8-18(15)37-12-19(31)29-26-11-14-9-16(25)22(35-3)17(10-14)30(33)34/h5-11,21H,4,12H2,1-3H3,(H,29,31)(H2,27,28,38)/t21-/m1/s1. The molecule has 0 bridgehead atoms. The summed E-state index contributed by atoms with van der Waals surface area (Å²) in [4.78, 5) is 35.8. The van der Waals surface area contributed by atoms with E-state index in [-0.39, 0.29) is 24.7 Å². The summed E-state index contributed by atoms with van der Waals surface area (Å²) < 4.78 is 16.6. The fourth-order valence-electron chi connectivity index (χ4n) is 3.62. The Balaban J connectivity index is 1.72. The number of hydrazone groups is 1. The molecule has 2 aromatic carbocycles. The molecule has 200 valence electrons. The summed E-state index contributed by atoms with van der Waals surface area (Å²) >= 11 is 7.19. The molecule has 1 aliphatic rings. The highest BCUT2D eigenvalue weighted by atomic mass is 127. The van der Waals surface area contributed by atoms with Crippen LogP contribution in [-0.4, -0.2) is 48.5 Å². The second kappa shape index (κ2) is 13.1. The van der Waals surface area contributed by atoms with E-state index in [4.69, 9.17) is 26.4 Å². The normalized spacial score (nSPS) is 14.9. The van der Waals surface area contributed by atoms with Crippen molar-refractivity contribution in [2.45, 2.75) is 19.9 Å². The molecule has 1 heterocycles. The van der Waals surface area contributed by atoms with Crippen molar-refractivity contribution in [3.8, 4) is 11.5 Å². The van der Waals surface area contributed by atoms with Crippen molar-refractivity contribution < 1.29 is 28.7 Å². The Hall–Kier alpha value is -3.79. The third kappa shape index (κ3) is 6.95. The van der Waals surface area contributed by atoms with Crippen molar-refractivity contribution in [1.82, 2.24) is 16.1 Å². The Morgan fingerprint density at radius 2 is 2.05 bits per heavy atom. The predicted molar refractivity (Wildman–Crippen MR) is 151 cm³/mol. The summed E-state index contributed by atoms with van der Waals surface area (Å²) in [6, 6.07) is 9.17. The van der Waals surface area contributed by atoms with Crippen LogP contribution in [0.5, 0.6) is 11.5 Å². The molecule has 12 nitrogen and oxygen atoms in total. The van der Waals surface area contributed by atoms with E-state index in [1.165, 1.54) is 19.4 Å². The topological polar surface area (TPSA) is 153 Å². The van der Waals surface area contributed by atoms with E-state index in [1.807, 2.05) is 22.6 Å². The van der Waals surface area contributed by atoms with Crippen LogP contribution in [0.25, 0.3) is 0 Å². The van der Waals surface area contributed by atoms with Crippen LogP contribution in [0, 0.1) is 13.7 Å². The smallest absolute Gasteiger partial charge is 0.338 e. The van der Waals surface area contributed by atoms with E-state index in [0.29, 0.717) is 36.8 Å². The largest absolute Gasteiger partial charge is 0.489 e. The molecule has 14 heteroatoms. The number of hydrogen-bond donors (Lipinski definition) is 3. The Morgan fingerprint density at radius 3 is 2.74 bits per heavy atom. The molecule has 0 saturated carbocycles. The Morgan fingerprint density at radius 1 is 1.32 bits per heavy atom.